The highest BCUT2D eigenvalue weighted by molar-refractivity contribution is 9.10. The number of benzene rings is 2. The molecule has 2 N–H and O–H groups in total. The Morgan fingerprint density at radius 1 is 1.17 bits per heavy atom. The second kappa shape index (κ2) is 6.01. The number of amides is 1. The number of nitrogens with one attached hydrogen (secondary N) is 1. The highest BCUT2D eigenvalue weighted by atomic mass is 79.9. The van der Waals surface area contributed by atoms with E-state index in [2.05, 4.69) is 21.2 Å². The van der Waals surface area contributed by atoms with Crippen molar-refractivity contribution in [2.24, 2.45) is 0 Å². The van der Waals surface area contributed by atoms with E-state index in [-0.39, 0.29) is 11.5 Å². The Morgan fingerprint density at radius 2 is 1.91 bits per heavy atom. The molecule has 0 saturated heterocycles. The van der Waals surface area contributed by atoms with Gasteiger partial charge in [0.1, 0.15) is 0 Å². The summed E-state index contributed by atoms with van der Waals surface area (Å²) < 4.78 is 0.650. The molecule has 0 aliphatic heterocycles. The fraction of sp³-hybridized carbons (Fsp3) is 0.111. The normalized spacial score (nSPS) is 13.0. The van der Waals surface area contributed by atoms with Crippen molar-refractivity contribution >= 4 is 39.1 Å². The lowest BCUT2D eigenvalue weighted by Crippen LogP contribution is -2.17. The van der Waals surface area contributed by atoms with Crippen LogP contribution in [0, 0.1) is 0 Å². The van der Waals surface area contributed by atoms with Crippen LogP contribution in [0.5, 0.6) is 0 Å². The predicted molar refractivity (Wildman–Crippen MR) is 92.5 cm³/mol. The largest absolute Gasteiger partial charge is 0.478 e. The molecule has 1 aliphatic carbocycles. The molecule has 0 aromatic heterocycles. The third-order valence-corrected chi connectivity index (χ3v) is 4.47. The van der Waals surface area contributed by atoms with Crippen molar-refractivity contribution in [3.8, 4) is 0 Å². The van der Waals surface area contributed by atoms with Crippen molar-refractivity contribution in [3.63, 3.8) is 0 Å². The van der Waals surface area contributed by atoms with Crippen molar-refractivity contribution in [2.45, 2.75) is 13.3 Å². The minimum absolute atomic E-state index is 0.0569. The van der Waals surface area contributed by atoms with E-state index in [1.807, 2.05) is 31.2 Å². The van der Waals surface area contributed by atoms with Gasteiger partial charge in [-0.05, 0) is 41.8 Å². The number of carbonyl (C=O) groups is 2. The van der Waals surface area contributed by atoms with Crippen LogP contribution in [0.4, 0.5) is 5.69 Å². The summed E-state index contributed by atoms with van der Waals surface area (Å²) in [7, 11) is 0. The molecule has 0 radical (unpaired) electrons. The fourth-order valence-corrected chi connectivity index (χ4v) is 3.14. The number of allylic oxidation sites excluding steroid dienone is 1. The van der Waals surface area contributed by atoms with Gasteiger partial charge in [-0.25, -0.2) is 4.79 Å². The lowest BCUT2D eigenvalue weighted by Gasteiger charge is -2.10. The zero-order valence-electron chi connectivity index (χ0n) is 12.4. The number of carboxylic acid groups (broad SMARTS) is 1. The first kappa shape index (κ1) is 15.5. The highest BCUT2D eigenvalue weighted by Gasteiger charge is 2.24. The zero-order valence-corrected chi connectivity index (χ0v) is 14.0. The number of hydrogen-bond acceptors (Lipinski definition) is 2. The quantitative estimate of drug-likeness (QED) is 0.852. The number of hydrogen-bond donors (Lipinski definition) is 2. The monoisotopic (exact) mass is 371 g/mol. The Bertz CT molecular complexity index is 855. The van der Waals surface area contributed by atoms with Crippen LogP contribution in [0.25, 0.3) is 5.57 Å². The molecule has 3 rings (SSSR count). The van der Waals surface area contributed by atoms with Crippen LogP contribution in [0.2, 0.25) is 0 Å². The van der Waals surface area contributed by atoms with Crippen molar-refractivity contribution in [1.29, 1.82) is 0 Å². The van der Waals surface area contributed by atoms with Crippen molar-refractivity contribution in [2.75, 3.05) is 5.32 Å². The second-order valence-corrected chi connectivity index (χ2v) is 6.30. The Morgan fingerprint density at radius 3 is 2.61 bits per heavy atom. The molecule has 1 aliphatic rings. The molecule has 0 unspecified atom stereocenters. The number of aromatic carboxylic acids is 1. The van der Waals surface area contributed by atoms with Crippen LogP contribution in [0.1, 0.15) is 28.4 Å². The van der Waals surface area contributed by atoms with Gasteiger partial charge in [-0.2, -0.15) is 0 Å². The van der Waals surface area contributed by atoms with E-state index in [4.69, 9.17) is 0 Å². The Kier molecular flexibility index (Phi) is 4.05. The van der Waals surface area contributed by atoms with Gasteiger partial charge in [0, 0.05) is 16.5 Å². The first-order valence-electron chi connectivity index (χ1n) is 7.09. The molecule has 0 saturated carbocycles. The van der Waals surface area contributed by atoms with Gasteiger partial charge in [-0.3, -0.25) is 4.79 Å². The van der Waals surface area contributed by atoms with Crippen LogP contribution in [-0.2, 0) is 11.2 Å². The average molecular weight is 372 g/mol. The standard InChI is InChI=1S/C18H14BrNO3/c1-10-13-5-3-2-4-11(13)8-14(10)17(21)20-16-7-6-12(19)9-15(16)18(22)23/h2-7,9H,8H2,1H3,(H,20,21)(H,22,23). The van der Waals surface area contributed by atoms with Gasteiger partial charge in [-0.15, -0.1) is 0 Å². The number of fused-ring (bicyclic) bond motifs is 1. The molecular weight excluding hydrogens is 358 g/mol. The Hall–Kier alpha value is -2.40. The lowest BCUT2D eigenvalue weighted by atomic mass is 10.1. The summed E-state index contributed by atoms with van der Waals surface area (Å²) in [6.07, 6.45) is 0.562. The van der Waals surface area contributed by atoms with E-state index >= 15 is 0 Å². The summed E-state index contributed by atoms with van der Waals surface area (Å²) in [4.78, 5) is 23.9. The van der Waals surface area contributed by atoms with Gasteiger partial charge >= 0.3 is 5.97 Å². The number of carbonyl (C=O) groups excluding carboxylic acids is 1. The number of carboxylic acids is 1. The van der Waals surface area contributed by atoms with Crippen molar-refractivity contribution < 1.29 is 14.7 Å². The molecule has 23 heavy (non-hydrogen) atoms. The van der Waals surface area contributed by atoms with Gasteiger partial charge in [-0.1, -0.05) is 40.2 Å². The molecule has 0 atom stereocenters. The molecule has 4 nitrogen and oxygen atoms in total. The summed E-state index contributed by atoms with van der Waals surface area (Å²) in [6, 6.07) is 12.7. The van der Waals surface area contributed by atoms with Gasteiger partial charge in [0.05, 0.1) is 11.3 Å². The van der Waals surface area contributed by atoms with Gasteiger partial charge < -0.3 is 10.4 Å². The van der Waals surface area contributed by atoms with Crippen LogP contribution in [0.3, 0.4) is 0 Å². The summed E-state index contributed by atoms with van der Waals surface area (Å²) in [5, 5.41) is 12.0. The highest BCUT2D eigenvalue weighted by Crippen LogP contribution is 2.33. The van der Waals surface area contributed by atoms with E-state index in [0.717, 1.165) is 16.7 Å². The van der Waals surface area contributed by atoms with Crippen LogP contribution in [-0.4, -0.2) is 17.0 Å². The third-order valence-electron chi connectivity index (χ3n) is 3.98. The summed E-state index contributed by atoms with van der Waals surface area (Å²) in [5.74, 6) is -1.34. The maximum atomic E-state index is 12.6. The Balaban J connectivity index is 1.90. The minimum atomic E-state index is -1.08. The molecule has 0 fully saturated rings. The fourth-order valence-electron chi connectivity index (χ4n) is 2.78. The molecule has 0 bridgehead atoms. The molecular formula is C18H14BrNO3. The van der Waals surface area contributed by atoms with Crippen LogP contribution < -0.4 is 5.32 Å². The van der Waals surface area contributed by atoms with Crippen LogP contribution >= 0.6 is 15.9 Å². The van der Waals surface area contributed by atoms with E-state index in [9.17, 15) is 14.7 Å². The van der Waals surface area contributed by atoms with E-state index < -0.39 is 5.97 Å². The van der Waals surface area contributed by atoms with Crippen molar-refractivity contribution in [3.05, 3.63) is 69.2 Å². The van der Waals surface area contributed by atoms with Gasteiger partial charge in [0.25, 0.3) is 5.91 Å². The maximum absolute atomic E-state index is 12.6. The predicted octanol–water partition coefficient (Wildman–Crippen LogP) is 4.12. The minimum Gasteiger partial charge on any atom is -0.478 e. The third kappa shape index (κ3) is 2.92. The second-order valence-electron chi connectivity index (χ2n) is 5.39. The first-order valence-corrected chi connectivity index (χ1v) is 7.89. The lowest BCUT2D eigenvalue weighted by molar-refractivity contribution is -0.112. The topological polar surface area (TPSA) is 66.4 Å². The van der Waals surface area contributed by atoms with Gasteiger partial charge in [0.2, 0.25) is 0 Å². The summed E-state index contributed by atoms with van der Waals surface area (Å²) in [5.41, 5.74) is 4.15. The maximum Gasteiger partial charge on any atom is 0.337 e. The summed E-state index contributed by atoms with van der Waals surface area (Å²) >= 11 is 3.24. The number of rotatable bonds is 3. The molecule has 5 heteroatoms. The SMILES string of the molecule is CC1=C(C(=O)Nc2ccc(Br)cc2C(=O)O)Cc2ccccc21. The Labute approximate surface area is 142 Å². The molecule has 116 valence electrons. The van der Waals surface area contributed by atoms with Gasteiger partial charge in [0.15, 0.2) is 0 Å². The molecule has 2 aromatic carbocycles. The number of anilines is 1. The first-order chi connectivity index (χ1) is 11.0. The molecule has 2 aromatic rings. The zero-order chi connectivity index (χ0) is 16.6. The molecule has 1 amide bonds. The smallest absolute Gasteiger partial charge is 0.337 e. The molecule has 0 heterocycles. The van der Waals surface area contributed by atoms with E-state index in [1.54, 1.807) is 12.1 Å². The molecule has 0 spiro atoms. The van der Waals surface area contributed by atoms with E-state index in [0.29, 0.717) is 22.2 Å². The van der Waals surface area contributed by atoms with E-state index in [1.165, 1.54) is 6.07 Å². The summed E-state index contributed by atoms with van der Waals surface area (Å²) in [6.45, 7) is 1.92. The van der Waals surface area contributed by atoms with Crippen LogP contribution in [0.15, 0.2) is 52.5 Å². The number of halogens is 1. The average Bonchev–Trinajstić information content (AvgIpc) is 2.86. The van der Waals surface area contributed by atoms with Crippen molar-refractivity contribution in [1.82, 2.24) is 0 Å².